The Morgan fingerprint density at radius 1 is 1.29 bits per heavy atom. The van der Waals surface area contributed by atoms with Crippen molar-refractivity contribution >= 4 is 0 Å². The molecule has 0 spiro atoms. The number of methoxy groups -OCH3 is 1. The molecule has 1 aliphatic carbocycles. The van der Waals surface area contributed by atoms with Crippen molar-refractivity contribution in [2.45, 2.75) is 44.6 Å². The Labute approximate surface area is 103 Å². The maximum absolute atomic E-state index is 10.0. The van der Waals surface area contributed by atoms with Gasteiger partial charge < -0.3 is 15.6 Å². The van der Waals surface area contributed by atoms with E-state index in [9.17, 15) is 5.11 Å². The largest absolute Gasteiger partial charge is 0.504 e. The number of aromatic hydroxyl groups is 1. The molecular weight excluding hydrogens is 214 g/mol. The minimum atomic E-state index is -0.302. The molecule has 1 aliphatic rings. The van der Waals surface area contributed by atoms with E-state index in [1.54, 1.807) is 13.2 Å². The van der Waals surface area contributed by atoms with Gasteiger partial charge in [0.25, 0.3) is 0 Å². The van der Waals surface area contributed by atoms with E-state index in [1.165, 1.54) is 0 Å². The average molecular weight is 235 g/mol. The van der Waals surface area contributed by atoms with Gasteiger partial charge in [-0.15, -0.1) is 0 Å². The molecule has 3 nitrogen and oxygen atoms in total. The van der Waals surface area contributed by atoms with Gasteiger partial charge in [-0.3, -0.25) is 0 Å². The highest BCUT2D eigenvalue weighted by Crippen LogP contribution is 2.50. The summed E-state index contributed by atoms with van der Waals surface area (Å²) in [5.74, 6) is 0.713. The fraction of sp³-hybridized carbons (Fsp3) is 0.571. The number of nitrogens with two attached hydrogens (primary N) is 1. The van der Waals surface area contributed by atoms with E-state index in [1.807, 2.05) is 0 Å². The van der Waals surface area contributed by atoms with Crippen molar-refractivity contribution in [2.24, 2.45) is 5.73 Å². The standard InChI is InChI=1S/C14H21NO2/c1-13(2,3)9-7-10(14(15)5-6-14)12(17-4)11(16)8-9/h7-8,16H,5-6,15H2,1-4H3. The molecule has 0 aromatic heterocycles. The first-order chi connectivity index (χ1) is 7.78. The molecule has 0 atom stereocenters. The van der Waals surface area contributed by atoms with Crippen molar-refractivity contribution in [1.82, 2.24) is 0 Å². The molecule has 0 unspecified atom stereocenters. The highest BCUT2D eigenvalue weighted by atomic mass is 16.5. The molecule has 3 heteroatoms. The van der Waals surface area contributed by atoms with Gasteiger partial charge in [0.2, 0.25) is 0 Å². The van der Waals surface area contributed by atoms with E-state index in [0.29, 0.717) is 5.75 Å². The molecule has 2 rings (SSSR count). The van der Waals surface area contributed by atoms with E-state index in [0.717, 1.165) is 24.0 Å². The van der Waals surface area contributed by atoms with Crippen LogP contribution in [-0.4, -0.2) is 12.2 Å². The van der Waals surface area contributed by atoms with Gasteiger partial charge in [-0.1, -0.05) is 20.8 Å². The fourth-order valence-corrected chi connectivity index (χ4v) is 2.03. The molecule has 0 bridgehead atoms. The summed E-state index contributed by atoms with van der Waals surface area (Å²) in [5.41, 5.74) is 7.94. The van der Waals surface area contributed by atoms with Gasteiger partial charge in [0.05, 0.1) is 7.11 Å². The SMILES string of the molecule is COc1c(O)cc(C(C)(C)C)cc1C1(N)CC1. The summed E-state index contributed by atoms with van der Waals surface area (Å²) in [6.45, 7) is 6.36. The second-order valence-electron chi connectivity index (χ2n) is 5.98. The van der Waals surface area contributed by atoms with Crippen LogP contribution in [0.1, 0.15) is 44.7 Å². The zero-order valence-corrected chi connectivity index (χ0v) is 11.0. The summed E-state index contributed by atoms with van der Waals surface area (Å²) < 4.78 is 5.28. The third-order valence-corrected chi connectivity index (χ3v) is 3.46. The average Bonchev–Trinajstić information content (AvgIpc) is 2.95. The number of rotatable bonds is 2. The van der Waals surface area contributed by atoms with Gasteiger partial charge in [-0.25, -0.2) is 0 Å². The summed E-state index contributed by atoms with van der Waals surface area (Å²) >= 11 is 0. The molecule has 0 heterocycles. The lowest BCUT2D eigenvalue weighted by molar-refractivity contribution is 0.363. The fourth-order valence-electron chi connectivity index (χ4n) is 2.03. The number of phenolic OH excluding ortho intramolecular Hbond substituents is 1. The Bertz CT molecular complexity index is 442. The first kappa shape index (κ1) is 12.2. The number of benzene rings is 1. The highest BCUT2D eigenvalue weighted by Gasteiger charge is 2.43. The van der Waals surface area contributed by atoms with E-state index in [4.69, 9.17) is 10.5 Å². The molecule has 1 aromatic carbocycles. The van der Waals surface area contributed by atoms with Crippen molar-refractivity contribution in [3.63, 3.8) is 0 Å². The zero-order valence-electron chi connectivity index (χ0n) is 11.0. The predicted molar refractivity (Wildman–Crippen MR) is 68.5 cm³/mol. The van der Waals surface area contributed by atoms with E-state index in [-0.39, 0.29) is 16.7 Å². The molecule has 1 saturated carbocycles. The third-order valence-electron chi connectivity index (χ3n) is 3.46. The number of ether oxygens (including phenoxy) is 1. The normalized spacial score (nSPS) is 17.9. The zero-order chi connectivity index (χ0) is 12.8. The van der Waals surface area contributed by atoms with Crippen LogP contribution in [0.5, 0.6) is 11.5 Å². The van der Waals surface area contributed by atoms with Gasteiger partial charge in [0, 0.05) is 11.1 Å². The summed E-state index contributed by atoms with van der Waals surface area (Å²) in [6, 6.07) is 3.85. The smallest absolute Gasteiger partial charge is 0.165 e. The highest BCUT2D eigenvalue weighted by molar-refractivity contribution is 5.54. The first-order valence-electron chi connectivity index (χ1n) is 5.99. The minimum Gasteiger partial charge on any atom is -0.504 e. The van der Waals surface area contributed by atoms with Gasteiger partial charge in [-0.05, 0) is 36.0 Å². The first-order valence-corrected chi connectivity index (χ1v) is 5.99. The van der Waals surface area contributed by atoms with Crippen LogP contribution in [0.4, 0.5) is 0 Å². The van der Waals surface area contributed by atoms with Crippen molar-refractivity contribution in [3.8, 4) is 11.5 Å². The van der Waals surface area contributed by atoms with Gasteiger partial charge in [0.1, 0.15) is 0 Å². The Morgan fingerprint density at radius 3 is 2.29 bits per heavy atom. The molecule has 17 heavy (non-hydrogen) atoms. The van der Waals surface area contributed by atoms with Crippen LogP contribution in [0, 0.1) is 0 Å². The summed E-state index contributed by atoms with van der Waals surface area (Å²) in [7, 11) is 1.57. The summed E-state index contributed by atoms with van der Waals surface area (Å²) in [5, 5.41) is 10.0. The summed E-state index contributed by atoms with van der Waals surface area (Å²) in [6.07, 6.45) is 1.91. The number of hydrogen-bond donors (Lipinski definition) is 2. The lowest BCUT2D eigenvalue weighted by atomic mass is 9.84. The van der Waals surface area contributed by atoms with Crippen molar-refractivity contribution < 1.29 is 9.84 Å². The number of hydrogen-bond acceptors (Lipinski definition) is 3. The Balaban J connectivity index is 2.59. The Morgan fingerprint density at radius 2 is 1.88 bits per heavy atom. The maximum atomic E-state index is 10.0. The minimum absolute atomic E-state index is 0.0102. The van der Waals surface area contributed by atoms with Crippen LogP contribution in [0.2, 0.25) is 0 Å². The number of phenols is 1. The van der Waals surface area contributed by atoms with Gasteiger partial charge >= 0.3 is 0 Å². The van der Waals surface area contributed by atoms with Crippen molar-refractivity contribution in [1.29, 1.82) is 0 Å². The van der Waals surface area contributed by atoms with E-state index < -0.39 is 0 Å². The maximum Gasteiger partial charge on any atom is 0.165 e. The topological polar surface area (TPSA) is 55.5 Å². The molecule has 0 saturated heterocycles. The molecule has 0 radical (unpaired) electrons. The van der Waals surface area contributed by atoms with E-state index >= 15 is 0 Å². The molecule has 0 aliphatic heterocycles. The molecule has 3 N–H and O–H groups in total. The Kier molecular flexibility index (Phi) is 2.62. The Hall–Kier alpha value is -1.22. The molecule has 1 fully saturated rings. The van der Waals surface area contributed by atoms with E-state index in [2.05, 4.69) is 26.8 Å². The van der Waals surface area contributed by atoms with Crippen molar-refractivity contribution in [2.75, 3.05) is 7.11 Å². The lowest BCUT2D eigenvalue weighted by Crippen LogP contribution is -2.21. The van der Waals surface area contributed by atoms with Crippen LogP contribution in [-0.2, 0) is 11.0 Å². The van der Waals surface area contributed by atoms with Crippen molar-refractivity contribution in [3.05, 3.63) is 23.3 Å². The van der Waals surface area contributed by atoms with Crippen LogP contribution in [0.15, 0.2) is 12.1 Å². The monoisotopic (exact) mass is 235 g/mol. The molecule has 94 valence electrons. The van der Waals surface area contributed by atoms with Gasteiger partial charge in [0.15, 0.2) is 11.5 Å². The second kappa shape index (κ2) is 3.64. The van der Waals surface area contributed by atoms with Crippen LogP contribution < -0.4 is 10.5 Å². The predicted octanol–water partition coefficient (Wildman–Crippen LogP) is 2.65. The van der Waals surface area contributed by atoms with Crippen LogP contribution in [0.3, 0.4) is 0 Å². The molecular formula is C14H21NO2. The van der Waals surface area contributed by atoms with Gasteiger partial charge in [-0.2, -0.15) is 0 Å². The summed E-state index contributed by atoms with van der Waals surface area (Å²) in [4.78, 5) is 0. The lowest BCUT2D eigenvalue weighted by Gasteiger charge is -2.24. The van der Waals surface area contributed by atoms with Crippen LogP contribution in [0.25, 0.3) is 0 Å². The molecule has 0 amide bonds. The quantitative estimate of drug-likeness (QED) is 0.828. The van der Waals surface area contributed by atoms with Crippen LogP contribution >= 0.6 is 0 Å². The molecule has 1 aromatic rings. The second-order valence-corrected chi connectivity index (χ2v) is 5.98. The third kappa shape index (κ3) is 2.12.